The lowest BCUT2D eigenvalue weighted by Crippen LogP contribution is -2.25. The summed E-state index contributed by atoms with van der Waals surface area (Å²) in [6.45, 7) is 2.19. The summed E-state index contributed by atoms with van der Waals surface area (Å²) in [5.74, 6) is 1.21. The molecule has 2 unspecified atom stereocenters. The van der Waals surface area contributed by atoms with Crippen molar-refractivity contribution in [2.24, 2.45) is 5.92 Å². The Labute approximate surface area is 97.9 Å². The summed E-state index contributed by atoms with van der Waals surface area (Å²) in [6, 6.07) is 10.5. The molecule has 1 nitrogen and oxygen atoms in total. The fraction of sp³-hybridized carbons (Fsp3) is 0.533. The van der Waals surface area contributed by atoms with Crippen LogP contribution in [-0.2, 0) is 4.79 Å². The molecule has 0 spiro atoms. The van der Waals surface area contributed by atoms with Crippen LogP contribution in [0.5, 0.6) is 0 Å². The van der Waals surface area contributed by atoms with E-state index in [4.69, 9.17) is 0 Å². The minimum atomic E-state index is 0.279. The summed E-state index contributed by atoms with van der Waals surface area (Å²) in [4.78, 5) is 12.0. The minimum Gasteiger partial charge on any atom is -0.299 e. The van der Waals surface area contributed by atoms with Crippen molar-refractivity contribution in [2.45, 2.75) is 44.9 Å². The molecule has 86 valence electrons. The molecule has 2 rings (SSSR count). The van der Waals surface area contributed by atoms with Crippen molar-refractivity contribution in [1.29, 1.82) is 0 Å². The number of Topliss-reactive ketones (excluding diaryl/α,β-unsaturated/α-hetero) is 1. The average molecular weight is 216 g/mol. The van der Waals surface area contributed by atoms with Crippen LogP contribution in [0.1, 0.15) is 50.5 Å². The van der Waals surface area contributed by atoms with Crippen molar-refractivity contribution < 1.29 is 4.79 Å². The SMILES string of the molecule is CCC(c1ccccc1)C1CCCCC1=O. The Bertz CT molecular complexity index is 342. The maximum Gasteiger partial charge on any atom is 0.136 e. The summed E-state index contributed by atoms with van der Waals surface area (Å²) >= 11 is 0. The van der Waals surface area contributed by atoms with Gasteiger partial charge >= 0.3 is 0 Å². The molecule has 0 heterocycles. The predicted molar refractivity (Wildman–Crippen MR) is 66.4 cm³/mol. The summed E-state index contributed by atoms with van der Waals surface area (Å²) in [5, 5.41) is 0. The van der Waals surface area contributed by atoms with E-state index in [1.54, 1.807) is 0 Å². The van der Waals surface area contributed by atoms with E-state index in [1.807, 2.05) is 6.07 Å². The summed E-state index contributed by atoms with van der Waals surface area (Å²) in [7, 11) is 0. The number of benzene rings is 1. The van der Waals surface area contributed by atoms with Crippen LogP contribution in [0.4, 0.5) is 0 Å². The van der Waals surface area contributed by atoms with E-state index in [1.165, 1.54) is 12.0 Å². The molecule has 0 amide bonds. The van der Waals surface area contributed by atoms with Gasteiger partial charge in [-0.1, -0.05) is 43.7 Å². The van der Waals surface area contributed by atoms with E-state index in [-0.39, 0.29) is 5.92 Å². The van der Waals surface area contributed by atoms with Crippen LogP contribution in [0.3, 0.4) is 0 Å². The Kier molecular flexibility index (Phi) is 3.76. The van der Waals surface area contributed by atoms with Gasteiger partial charge in [0.1, 0.15) is 5.78 Å². The quantitative estimate of drug-likeness (QED) is 0.748. The Hall–Kier alpha value is -1.11. The second-order valence-corrected chi connectivity index (χ2v) is 4.74. The zero-order valence-corrected chi connectivity index (χ0v) is 9.99. The van der Waals surface area contributed by atoms with Gasteiger partial charge in [0.25, 0.3) is 0 Å². The van der Waals surface area contributed by atoms with E-state index < -0.39 is 0 Å². The monoisotopic (exact) mass is 216 g/mol. The van der Waals surface area contributed by atoms with Crippen LogP contribution in [0.2, 0.25) is 0 Å². The molecule has 0 aromatic heterocycles. The smallest absolute Gasteiger partial charge is 0.136 e. The molecule has 1 aromatic carbocycles. The van der Waals surface area contributed by atoms with Gasteiger partial charge < -0.3 is 0 Å². The van der Waals surface area contributed by atoms with Crippen molar-refractivity contribution in [3.05, 3.63) is 35.9 Å². The second kappa shape index (κ2) is 5.29. The highest BCUT2D eigenvalue weighted by Gasteiger charge is 2.29. The average Bonchev–Trinajstić information content (AvgIpc) is 2.34. The van der Waals surface area contributed by atoms with Crippen LogP contribution in [0.25, 0.3) is 0 Å². The highest BCUT2D eigenvalue weighted by atomic mass is 16.1. The molecular formula is C15H20O. The maximum atomic E-state index is 12.0. The predicted octanol–water partition coefficient (Wildman–Crippen LogP) is 3.94. The number of carbonyl (C=O) groups is 1. The zero-order chi connectivity index (χ0) is 11.4. The van der Waals surface area contributed by atoms with Crippen molar-refractivity contribution in [1.82, 2.24) is 0 Å². The second-order valence-electron chi connectivity index (χ2n) is 4.74. The number of hydrogen-bond donors (Lipinski definition) is 0. The number of rotatable bonds is 3. The minimum absolute atomic E-state index is 0.279. The molecule has 16 heavy (non-hydrogen) atoms. The van der Waals surface area contributed by atoms with Crippen LogP contribution < -0.4 is 0 Å². The largest absolute Gasteiger partial charge is 0.299 e. The molecule has 0 radical (unpaired) electrons. The number of carbonyl (C=O) groups excluding carboxylic acids is 1. The Morgan fingerprint density at radius 2 is 2.00 bits per heavy atom. The first-order valence-corrected chi connectivity index (χ1v) is 6.40. The molecule has 1 aliphatic carbocycles. The topological polar surface area (TPSA) is 17.1 Å². The molecule has 1 aromatic rings. The Morgan fingerprint density at radius 1 is 1.25 bits per heavy atom. The third-order valence-electron chi connectivity index (χ3n) is 3.76. The first kappa shape index (κ1) is 11.4. The zero-order valence-electron chi connectivity index (χ0n) is 9.99. The molecule has 1 aliphatic rings. The van der Waals surface area contributed by atoms with Crippen molar-refractivity contribution >= 4 is 5.78 Å². The third-order valence-corrected chi connectivity index (χ3v) is 3.76. The first-order valence-electron chi connectivity index (χ1n) is 6.40. The maximum absolute atomic E-state index is 12.0. The molecule has 0 aliphatic heterocycles. The van der Waals surface area contributed by atoms with Gasteiger partial charge in [-0.25, -0.2) is 0 Å². The van der Waals surface area contributed by atoms with Crippen molar-refractivity contribution in [2.75, 3.05) is 0 Å². The van der Waals surface area contributed by atoms with Gasteiger partial charge in [0.2, 0.25) is 0 Å². The normalized spacial score (nSPS) is 23.1. The fourth-order valence-corrected chi connectivity index (χ4v) is 2.89. The molecule has 2 atom stereocenters. The summed E-state index contributed by atoms with van der Waals surface area (Å²) in [5.41, 5.74) is 1.34. The van der Waals surface area contributed by atoms with E-state index >= 15 is 0 Å². The number of hydrogen-bond acceptors (Lipinski definition) is 1. The van der Waals surface area contributed by atoms with Gasteiger partial charge in [-0.3, -0.25) is 4.79 Å². The van der Waals surface area contributed by atoms with Gasteiger partial charge in [-0.05, 0) is 30.7 Å². The molecular weight excluding hydrogens is 196 g/mol. The fourth-order valence-electron chi connectivity index (χ4n) is 2.89. The molecule has 0 N–H and O–H groups in total. The van der Waals surface area contributed by atoms with Gasteiger partial charge in [0, 0.05) is 12.3 Å². The van der Waals surface area contributed by atoms with E-state index in [9.17, 15) is 4.79 Å². The van der Waals surface area contributed by atoms with Gasteiger partial charge in [-0.15, -0.1) is 0 Å². The van der Waals surface area contributed by atoms with Crippen LogP contribution >= 0.6 is 0 Å². The van der Waals surface area contributed by atoms with Gasteiger partial charge in [0.05, 0.1) is 0 Å². The number of ketones is 1. The summed E-state index contributed by atoms with van der Waals surface area (Å²) in [6.07, 6.45) is 5.28. The Balaban J connectivity index is 2.18. The van der Waals surface area contributed by atoms with Gasteiger partial charge in [0.15, 0.2) is 0 Å². The highest BCUT2D eigenvalue weighted by Crippen LogP contribution is 2.35. The van der Waals surface area contributed by atoms with E-state index in [2.05, 4.69) is 31.2 Å². The lowest BCUT2D eigenvalue weighted by molar-refractivity contribution is -0.125. The molecule has 1 fully saturated rings. The molecule has 1 saturated carbocycles. The van der Waals surface area contributed by atoms with Crippen LogP contribution in [0.15, 0.2) is 30.3 Å². The van der Waals surface area contributed by atoms with E-state index in [0.29, 0.717) is 11.7 Å². The molecule has 1 heteroatoms. The lowest BCUT2D eigenvalue weighted by atomic mass is 9.75. The standard InChI is InChI=1S/C15H20O/c1-2-13(12-8-4-3-5-9-12)14-10-6-7-11-15(14)16/h3-5,8-9,13-14H,2,6-7,10-11H2,1H3. The van der Waals surface area contributed by atoms with Crippen molar-refractivity contribution in [3.8, 4) is 0 Å². The van der Waals surface area contributed by atoms with Crippen LogP contribution in [-0.4, -0.2) is 5.78 Å². The lowest BCUT2D eigenvalue weighted by Gasteiger charge is -2.28. The Morgan fingerprint density at radius 3 is 2.62 bits per heavy atom. The first-order chi connectivity index (χ1) is 7.83. The van der Waals surface area contributed by atoms with Crippen LogP contribution in [0, 0.1) is 5.92 Å². The van der Waals surface area contributed by atoms with E-state index in [0.717, 1.165) is 25.7 Å². The molecule has 0 bridgehead atoms. The molecule has 0 saturated heterocycles. The van der Waals surface area contributed by atoms with Crippen molar-refractivity contribution in [3.63, 3.8) is 0 Å². The summed E-state index contributed by atoms with van der Waals surface area (Å²) < 4.78 is 0. The third kappa shape index (κ3) is 2.34. The van der Waals surface area contributed by atoms with Gasteiger partial charge in [-0.2, -0.15) is 0 Å². The highest BCUT2D eigenvalue weighted by molar-refractivity contribution is 5.82.